The molecule has 0 amide bonds. The van der Waals surface area contributed by atoms with Crippen LogP contribution in [0.25, 0.3) is 0 Å². The average Bonchev–Trinajstić information content (AvgIpc) is 2.63. The van der Waals surface area contributed by atoms with E-state index in [9.17, 15) is 8.42 Å². The van der Waals surface area contributed by atoms with Crippen molar-refractivity contribution in [3.63, 3.8) is 0 Å². The molecule has 1 aromatic carbocycles. The molecule has 3 rings (SSSR count). The zero-order valence-corrected chi connectivity index (χ0v) is 14.8. The van der Waals surface area contributed by atoms with Gasteiger partial charge in [-0.05, 0) is 31.4 Å². The van der Waals surface area contributed by atoms with Gasteiger partial charge < -0.3 is 9.64 Å². The normalized spacial score (nSPS) is 15.0. The van der Waals surface area contributed by atoms with E-state index < -0.39 is 10.0 Å². The topological polar surface area (TPSA) is 84.4 Å². The van der Waals surface area contributed by atoms with Gasteiger partial charge in [-0.2, -0.15) is 0 Å². The summed E-state index contributed by atoms with van der Waals surface area (Å²) < 4.78 is 32.1. The fourth-order valence-corrected chi connectivity index (χ4v) is 3.52. The molecular weight excluding hydrogens is 340 g/mol. The number of sulfonamides is 1. The number of hydrogen-bond donors (Lipinski definition) is 1. The van der Waals surface area contributed by atoms with Crippen LogP contribution in [0.4, 0.5) is 11.6 Å². The first-order valence-electron chi connectivity index (χ1n) is 8.38. The van der Waals surface area contributed by atoms with Gasteiger partial charge in [0.1, 0.15) is 18.1 Å². The van der Waals surface area contributed by atoms with Gasteiger partial charge in [-0.3, -0.25) is 4.72 Å². The van der Waals surface area contributed by atoms with Gasteiger partial charge in [0.15, 0.2) is 0 Å². The van der Waals surface area contributed by atoms with Crippen LogP contribution in [0.5, 0.6) is 5.75 Å². The first kappa shape index (κ1) is 17.5. The molecule has 0 atom stereocenters. The van der Waals surface area contributed by atoms with Crippen molar-refractivity contribution in [3.05, 3.63) is 42.7 Å². The van der Waals surface area contributed by atoms with Crippen LogP contribution < -0.4 is 14.4 Å². The van der Waals surface area contributed by atoms with Gasteiger partial charge >= 0.3 is 0 Å². The molecule has 8 heteroatoms. The molecule has 1 aromatic heterocycles. The third-order valence-electron chi connectivity index (χ3n) is 3.91. The van der Waals surface area contributed by atoms with E-state index in [2.05, 4.69) is 19.6 Å². The van der Waals surface area contributed by atoms with Crippen molar-refractivity contribution in [2.45, 2.75) is 19.3 Å². The van der Waals surface area contributed by atoms with Crippen molar-refractivity contribution in [2.24, 2.45) is 0 Å². The second-order valence-electron chi connectivity index (χ2n) is 5.90. The number of anilines is 2. The highest BCUT2D eigenvalue weighted by molar-refractivity contribution is 7.92. The summed E-state index contributed by atoms with van der Waals surface area (Å²) in [5.74, 6) is 1.15. The third kappa shape index (κ3) is 5.32. The monoisotopic (exact) mass is 362 g/mol. The second kappa shape index (κ2) is 8.15. The first-order valence-corrected chi connectivity index (χ1v) is 10.0. The van der Waals surface area contributed by atoms with Gasteiger partial charge in [0.05, 0.1) is 18.1 Å². The van der Waals surface area contributed by atoms with E-state index in [1.54, 1.807) is 12.1 Å². The summed E-state index contributed by atoms with van der Waals surface area (Å²) >= 11 is 0. The Morgan fingerprint density at radius 3 is 2.40 bits per heavy atom. The molecule has 1 aliphatic rings. The maximum absolute atomic E-state index is 12.1. The zero-order valence-electron chi connectivity index (χ0n) is 14.0. The number of nitrogens with zero attached hydrogens (tertiary/aromatic N) is 3. The van der Waals surface area contributed by atoms with Crippen LogP contribution >= 0.6 is 0 Å². The summed E-state index contributed by atoms with van der Waals surface area (Å²) in [5, 5.41) is 0. The van der Waals surface area contributed by atoms with E-state index in [0.717, 1.165) is 25.9 Å². The second-order valence-corrected chi connectivity index (χ2v) is 7.74. The summed E-state index contributed by atoms with van der Waals surface area (Å²) in [6.07, 6.45) is 6.52. The number of piperidine rings is 1. The van der Waals surface area contributed by atoms with Gasteiger partial charge in [-0.15, -0.1) is 0 Å². The quantitative estimate of drug-likeness (QED) is 0.813. The lowest BCUT2D eigenvalue weighted by Gasteiger charge is -2.26. The molecule has 134 valence electrons. The smallest absolute Gasteiger partial charge is 0.236 e. The van der Waals surface area contributed by atoms with Crippen LogP contribution in [0, 0.1) is 0 Å². The maximum atomic E-state index is 12.1. The lowest BCUT2D eigenvalue weighted by Crippen LogP contribution is -2.31. The maximum Gasteiger partial charge on any atom is 0.236 e. The minimum absolute atomic E-state index is 0.0755. The van der Waals surface area contributed by atoms with Crippen LogP contribution in [-0.2, 0) is 10.0 Å². The van der Waals surface area contributed by atoms with Crippen LogP contribution in [-0.4, -0.2) is 43.8 Å². The number of ether oxygens (including phenoxy) is 1. The Hall–Kier alpha value is -2.35. The highest BCUT2D eigenvalue weighted by Crippen LogP contribution is 2.16. The molecule has 2 heterocycles. The van der Waals surface area contributed by atoms with Crippen molar-refractivity contribution < 1.29 is 13.2 Å². The number of aromatic nitrogens is 2. The van der Waals surface area contributed by atoms with Crippen molar-refractivity contribution in [2.75, 3.05) is 35.1 Å². The summed E-state index contributed by atoms with van der Waals surface area (Å²) in [4.78, 5) is 10.7. The molecule has 2 aromatic rings. The SMILES string of the molecule is O=S(=O)(CCOc1ccccc1)Nc1cnc(N2CCCCC2)nc1. The number of para-hydroxylation sites is 1. The van der Waals surface area contributed by atoms with Crippen molar-refractivity contribution in [3.8, 4) is 5.75 Å². The Morgan fingerprint density at radius 2 is 1.72 bits per heavy atom. The summed E-state index contributed by atoms with van der Waals surface area (Å²) in [5.41, 5.74) is 0.362. The molecule has 0 unspecified atom stereocenters. The van der Waals surface area contributed by atoms with E-state index in [4.69, 9.17) is 4.74 Å². The molecule has 0 radical (unpaired) electrons. The van der Waals surface area contributed by atoms with Gasteiger partial charge in [-0.1, -0.05) is 18.2 Å². The minimum Gasteiger partial charge on any atom is -0.492 e. The van der Waals surface area contributed by atoms with Crippen molar-refractivity contribution in [1.29, 1.82) is 0 Å². The van der Waals surface area contributed by atoms with Crippen LogP contribution in [0.2, 0.25) is 0 Å². The lowest BCUT2D eigenvalue weighted by molar-refractivity contribution is 0.341. The number of rotatable bonds is 7. The standard InChI is InChI=1S/C17H22N4O3S/c22-25(23,12-11-24-16-7-3-1-4-8-16)20-15-13-18-17(19-14-15)21-9-5-2-6-10-21/h1,3-4,7-8,13-14,20H,2,5-6,9-12H2. The number of nitrogens with one attached hydrogen (secondary N) is 1. The number of benzene rings is 1. The van der Waals surface area contributed by atoms with Crippen LogP contribution in [0.3, 0.4) is 0 Å². The molecule has 25 heavy (non-hydrogen) atoms. The van der Waals surface area contributed by atoms with E-state index >= 15 is 0 Å². The van der Waals surface area contributed by atoms with Gasteiger partial charge in [0.25, 0.3) is 0 Å². The zero-order chi connectivity index (χ0) is 17.5. The van der Waals surface area contributed by atoms with E-state index in [1.807, 2.05) is 18.2 Å². The molecule has 1 N–H and O–H groups in total. The Kier molecular flexibility index (Phi) is 5.70. The summed E-state index contributed by atoms with van der Waals surface area (Å²) in [7, 11) is -3.51. The van der Waals surface area contributed by atoms with Crippen molar-refractivity contribution in [1.82, 2.24) is 9.97 Å². The Balaban J connectivity index is 1.51. The van der Waals surface area contributed by atoms with E-state index in [-0.39, 0.29) is 12.4 Å². The van der Waals surface area contributed by atoms with Crippen LogP contribution in [0.15, 0.2) is 42.7 Å². The largest absolute Gasteiger partial charge is 0.492 e. The fraction of sp³-hybridized carbons (Fsp3) is 0.412. The summed E-state index contributed by atoms with van der Waals surface area (Å²) in [6.45, 7) is 1.97. The average molecular weight is 362 g/mol. The highest BCUT2D eigenvalue weighted by Gasteiger charge is 2.15. The Morgan fingerprint density at radius 1 is 1.04 bits per heavy atom. The predicted octanol–water partition coefficient (Wildman–Crippen LogP) is 2.29. The molecular formula is C17H22N4O3S. The van der Waals surface area contributed by atoms with Gasteiger partial charge in [0, 0.05) is 13.1 Å². The number of hydrogen-bond acceptors (Lipinski definition) is 6. The molecule has 0 spiro atoms. The Bertz CT molecular complexity index is 760. The predicted molar refractivity (Wildman–Crippen MR) is 97.4 cm³/mol. The third-order valence-corrected chi connectivity index (χ3v) is 5.17. The molecule has 0 saturated carbocycles. The minimum atomic E-state index is -3.51. The van der Waals surface area contributed by atoms with E-state index in [0.29, 0.717) is 17.4 Å². The van der Waals surface area contributed by atoms with Gasteiger partial charge in [-0.25, -0.2) is 18.4 Å². The summed E-state index contributed by atoms with van der Waals surface area (Å²) in [6, 6.07) is 9.12. The first-order chi connectivity index (χ1) is 12.1. The van der Waals surface area contributed by atoms with Crippen molar-refractivity contribution >= 4 is 21.7 Å². The molecule has 7 nitrogen and oxygen atoms in total. The Labute approximate surface area is 148 Å². The van der Waals surface area contributed by atoms with Crippen LogP contribution in [0.1, 0.15) is 19.3 Å². The molecule has 1 saturated heterocycles. The fourth-order valence-electron chi connectivity index (χ4n) is 2.65. The van der Waals surface area contributed by atoms with E-state index in [1.165, 1.54) is 18.8 Å². The lowest BCUT2D eigenvalue weighted by atomic mass is 10.1. The molecule has 1 aliphatic heterocycles. The highest BCUT2D eigenvalue weighted by atomic mass is 32.2. The molecule has 0 bridgehead atoms. The molecule has 1 fully saturated rings. The molecule has 0 aliphatic carbocycles. The van der Waals surface area contributed by atoms with Gasteiger partial charge in [0.2, 0.25) is 16.0 Å².